The normalized spacial score (nSPS) is 32.8. The van der Waals surface area contributed by atoms with Gasteiger partial charge in [0.15, 0.2) is 0 Å². The van der Waals surface area contributed by atoms with Crippen molar-refractivity contribution in [3.8, 4) is 0 Å². The number of allylic oxidation sites excluding steroid dienone is 3. The van der Waals surface area contributed by atoms with Crippen molar-refractivity contribution >= 4 is 5.57 Å². The number of benzene rings is 1. The van der Waals surface area contributed by atoms with E-state index in [4.69, 9.17) is 0 Å². The second-order valence-corrected chi connectivity index (χ2v) is 5.95. The smallest absolute Gasteiger partial charge is 0.0136 e. The lowest BCUT2D eigenvalue weighted by molar-refractivity contribution is 0.378. The Morgan fingerprint density at radius 1 is 1.26 bits per heavy atom. The second kappa shape index (κ2) is 5.34. The third-order valence-corrected chi connectivity index (χ3v) is 4.79. The van der Waals surface area contributed by atoms with Crippen LogP contribution in [0.15, 0.2) is 48.1 Å². The summed E-state index contributed by atoms with van der Waals surface area (Å²) in [7, 11) is 0. The summed E-state index contributed by atoms with van der Waals surface area (Å²) in [5, 5.41) is 3.65. The van der Waals surface area contributed by atoms with E-state index in [9.17, 15) is 0 Å². The van der Waals surface area contributed by atoms with Crippen LogP contribution < -0.4 is 5.32 Å². The molecule has 1 aromatic rings. The maximum Gasteiger partial charge on any atom is 0.0136 e. The van der Waals surface area contributed by atoms with E-state index in [0.29, 0.717) is 5.92 Å². The number of piperidine rings is 1. The molecule has 1 heteroatoms. The molecule has 1 N–H and O–H groups in total. The molecule has 1 saturated heterocycles. The van der Waals surface area contributed by atoms with E-state index in [1.54, 1.807) is 5.57 Å². The van der Waals surface area contributed by atoms with Crippen LogP contribution in [-0.4, -0.2) is 12.6 Å². The van der Waals surface area contributed by atoms with Gasteiger partial charge >= 0.3 is 0 Å². The number of hydrogen-bond donors (Lipinski definition) is 1. The first kappa shape index (κ1) is 12.7. The van der Waals surface area contributed by atoms with E-state index in [1.165, 1.54) is 30.5 Å². The number of hydrogen-bond acceptors (Lipinski definition) is 1. The molecule has 1 aliphatic heterocycles. The molecule has 1 saturated carbocycles. The maximum atomic E-state index is 3.65. The lowest BCUT2D eigenvalue weighted by Crippen LogP contribution is -2.34. The van der Waals surface area contributed by atoms with Crippen molar-refractivity contribution in [1.29, 1.82) is 0 Å². The molecule has 3 atom stereocenters. The Morgan fingerprint density at radius 2 is 2.05 bits per heavy atom. The predicted octanol–water partition coefficient (Wildman–Crippen LogP) is 4.03. The van der Waals surface area contributed by atoms with Gasteiger partial charge in [-0.3, -0.25) is 0 Å². The zero-order chi connectivity index (χ0) is 13.2. The lowest BCUT2D eigenvalue weighted by atomic mass is 9.94. The van der Waals surface area contributed by atoms with E-state index in [-0.39, 0.29) is 0 Å². The minimum Gasteiger partial charge on any atom is -0.313 e. The zero-order valence-corrected chi connectivity index (χ0v) is 11.9. The molecule has 0 radical (unpaired) electrons. The fourth-order valence-corrected chi connectivity index (χ4v) is 3.54. The Morgan fingerprint density at radius 3 is 2.79 bits per heavy atom. The highest BCUT2D eigenvalue weighted by molar-refractivity contribution is 5.65. The summed E-state index contributed by atoms with van der Waals surface area (Å²) in [5.41, 5.74) is 4.34. The fraction of sp³-hybridized carbons (Fsp3) is 0.444. The summed E-state index contributed by atoms with van der Waals surface area (Å²) in [6, 6.07) is 11.4. The van der Waals surface area contributed by atoms with Gasteiger partial charge in [-0.2, -0.15) is 0 Å². The van der Waals surface area contributed by atoms with Gasteiger partial charge in [-0.1, -0.05) is 55.0 Å². The SMILES string of the molecule is C/C(=C\C=C1\C2CCNC(C2)C1C)c1ccccc1. The molecular formula is C18H23N. The van der Waals surface area contributed by atoms with Crippen molar-refractivity contribution in [3.05, 3.63) is 53.6 Å². The van der Waals surface area contributed by atoms with Crippen LogP contribution in [-0.2, 0) is 0 Å². The highest BCUT2D eigenvalue weighted by Crippen LogP contribution is 2.41. The monoisotopic (exact) mass is 253 g/mol. The number of rotatable bonds is 2. The minimum atomic E-state index is 0.701. The van der Waals surface area contributed by atoms with Gasteiger partial charge in [-0.25, -0.2) is 0 Å². The standard InChI is InChI=1S/C18H23N/c1-13(15-6-4-3-5-7-15)8-9-17-14(2)18-12-16(17)10-11-19-18/h3-9,14,16,18-19H,10-12H2,1-2H3/b13-8+,17-9+. The van der Waals surface area contributed by atoms with Crippen LogP contribution >= 0.6 is 0 Å². The third kappa shape index (κ3) is 2.52. The molecule has 100 valence electrons. The molecule has 0 spiro atoms. The highest BCUT2D eigenvalue weighted by Gasteiger charge is 2.37. The Balaban J connectivity index is 1.82. The van der Waals surface area contributed by atoms with Crippen LogP contribution in [0.25, 0.3) is 5.57 Å². The van der Waals surface area contributed by atoms with E-state index in [2.05, 4.69) is 61.6 Å². The Labute approximate surface area is 116 Å². The van der Waals surface area contributed by atoms with Crippen LogP contribution in [0.4, 0.5) is 0 Å². The average molecular weight is 253 g/mol. The molecule has 1 heterocycles. The van der Waals surface area contributed by atoms with Gasteiger partial charge in [0.2, 0.25) is 0 Å². The van der Waals surface area contributed by atoms with Gasteiger partial charge in [-0.15, -0.1) is 0 Å². The molecule has 3 rings (SSSR count). The molecule has 19 heavy (non-hydrogen) atoms. The molecule has 1 aliphatic carbocycles. The van der Waals surface area contributed by atoms with Crippen molar-refractivity contribution in [2.75, 3.05) is 6.54 Å². The molecule has 2 bridgehead atoms. The first-order valence-corrected chi connectivity index (χ1v) is 7.43. The van der Waals surface area contributed by atoms with E-state index in [1.807, 2.05) is 0 Å². The minimum absolute atomic E-state index is 0.701. The Kier molecular flexibility index (Phi) is 3.56. The maximum absolute atomic E-state index is 3.65. The first-order valence-electron chi connectivity index (χ1n) is 7.43. The molecule has 0 aromatic heterocycles. The quantitative estimate of drug-likeness (QED) is 0.839. The molecule has 3 unspecified atom stereocenters. The van der Waals surface area contributed by atoms with Gasteiger partial charge < -0.3 is 5.32 Å². The second-order valence-electron chi connectivity index (χ2n) is 5.95. The highest BCUT2D eigenvalue weighted by atomic mass is 14.9. The summed E-state index contributed by atoms with van der Waals surface area (Å²) in [6.45, 7) is 5.77. The van der Waals surface area contributed by atoms with Gasteiger partial charge in [0, 0.05) is 6.04 Å². The summed E-state index contributed by atoms with van der Waals surface area (Å²) < 4.78 is 0. The van der Waals surface area contributed by atoms with Crippen molar-refractivity contribution in [1.82, 2.24) is 5.32 Å². The van der Waals surface area contributed by atoms with Crippen LogP contribution in [0.1, 0.15) is 32.3 Å². The largest absolute Gasteiger partial charge is 0.313 e. The van der Waals surface area contributed by atoms with Crippen LogP contribution in [0.2, 0.25) is 0 Å². The molecule has 0 amide bonds. The van der Waals surface area contributed by atoms with Gasteiger partial charge in [-0.05, 0) is 49.3 Å². The van der Waals surface area contributed by atoms with E-state index in [0.717, 1.165) is 12.0 Å². The third-order valence-electron chi connectivity index (χ3n) is 4.79. The van der Waals surface area contributed by atoms with Crippen LogP contribution in [0.5, 0.6) is 0 Å². The molecular weight excluding hydrogens is 230 g/mol. The summed E-state index contributed by atoms with van der Waals surface area (Å²) in [4.78, 5) is 0. The van der Waals surface area contributed by atoms with Crippen LogP contribution in [0, 0.1) is 11.8 Å². The lowest BCUT2D eigenvalue weighted by Gasteiger charge is -2.20. The average Bonchev–Trinajstić information content (AvgIpc) is 2.68. The molecule has 1 aromatic carbocycles. The molecule has 1 nitrogen and oxygen atoms in total. The van der Waals surface area contributed by atoms with Crippen molar-refractivity contribution < 1.29 is 0 Å². The first-order chi connectivity index (χ1) is 9.25. The van der Waals surface area contributed by atoms with Crippen molar-refractivity contribution in [2.24, 2.45) is 11.8 Å². The number of fused-ring (bicyclic) bond motifs is 2. The molecule has 2 aliphatic rings. The van der Waals surface area contributed by atoms with Gasteiger partial charge in [0.25, 0.3) is 0 Å². The van der Waals surface area contributed by atoms with E-state index < -0.39 is 0 Å². The zero-order valence-electron chi connectivity index (χ0n) is 11.9. The molecule has 2 fully saturated rings. The van der Waals surface area contributed by atoms with Crippen LogP contribution in [0.3, 0.4) is 0 Å². The topological polar surface area (TPSA) is 12.0 Å². The van der Waals surface area contributed by atoms with Gasteiger partial charge in [0.1, 0.15) is 0 Å². The van der Waals surface area contributed by atoms with Gasteiger partial charge in [0.05, 0.1) is 0 Å². The van der Waals surface area contributed by atoms with E-state index >= 15 is 0 Å². The summed E-state index contributed by atoms with van der Waals surface area (Å²) >= 11 is 0. The van der Waals surface area contributed by atoms with Crippen molar-refractivity contribution in [2.45, 2.75) is 32.7 Å². The van der Waals surface area contributed by atoms with Crippen molar-refractivity contribution in [3.63, 3.8) is 0 Å². The Hall–Kier alpha value is -1.34. The summed E-state index contributed by atoms with van der Waals surface area (Å²) in [5.74, 6) is 1.52. The fourth-order valence-electron chi connectivity index (χ4n) is 3.54. The summed E-state index contributed by atoms with van der Waals surface area (Å²) in [6.07, 6.45) is 7.35. The predicted molar refractivity (Wildman–Crippen MR) is 81.9 cm³/mol. The Bertz CT molecular complexity index is 494. The number of nitrogens with one attached hydrogen (secondary N) is 1.